The largest absolute Gasteiger partial charge is 0.497 e. The van der Waals surface area contributed by atoms with Crippen LogP contribution in [-0.2, 0) is 0 Å². The van der Waals surface area contributed by atoms with E-state index in [9.17, 15) is 0 Å². The van der Waals surface area contributed by atoms with E-state index in [1.165, 1.54) is 0 Å². The fourth-order valence-electron chi connectivity index (χ4n) is 2.17. The lowest BCUT2D eigenvalue weighted by Gasteiger charge is -2.05. The molecule has 0 aliphatic rings. The van der Waals surface area contributed by atoms with Gasteiger partial charge in [0.1, 0.15) is 5.75 Å². The molecule has 0 bridgehead atoms. The molecule has 0 fully saturated rings. The number of rotatable bonds is 3. The van der Waals surface area contributed by atoms with Crippen molar-refractivity contribution in [1.29, 1.82) is 0 Å². The minimum atomic E-state index is 0.343. The van der Waals surface area contributed by atoms with Crippen LogP contribution in [0.3, 0.4) is 0 Å². The second kappa shape index (κ2) is 5.50. The first-order valence-corrected chi connectivity index (χ1v) is 6.72. The smallest absolute Gasteiger partial charge is 0.176 e. The number of aromatic nitrogens is 1. The summed E-state index contributed by atoms with van der Waals surface area (Å²) in [4.78, 5) is 0. The predicted octanol–water partition coefficient (Wildman–Crippen LogP) is 4.25. The van der Waals surface area contributed by atoms with E-state index in [-0.39, 0.29) is 0 Å². The van der Waals surface area contributed by atoms with Gasteiger partial charge in [-0.05, 0) is 29.8 Å². The molecule has 0 unspecified atom stereocenters. The molecule has 0 radical (unpaired) electrons. The van der Waals surface area contributed by atoms with E-state index in [1.54, 1.807) is 13.2 Å². The highest BCUT2D eigenvalue weighted by atomic mass is 35.5. The summed E-state index contributed by atoms with van der Waals surface area (Å²) < 4.78 is 10.5. The van der Waals surface area contributed by atoms with E-state index in [0.717, 1.165) is 22.4 Å². The summed E-state index contributed by atoms with van der Waals surface area (Å²) in [6.45, 7) is 0. The van der Waals surface area contributed by atoms with Crippen LogP contribution in [0.2, 0.25) is 5.02 Å². The van der Waals surface area contributed by atoms with Crippen LogP contribution in [0.4, 0.5) is 5.82 Å². The van der Waals surface area contributed by atoms with Crippen molar-refractivity contribution in [1.82, 2.24) is 5.16 Å². The first kappa shape index (κ1) is 13.5. The highest BCUT2D eigenvalue weighted by Gasteiger charge is 2.17. The minimum Gasteiger partial charge on any atom is -0.497 e. The van der Waals surface area contributed by atoms with Gasteiger partial charge in [-0.1, -0.05) is 41.0 Å². The van der Waals surface area contributed by atoms with E-state index < -0.39 is 0 Å². The number of anilines is 1. The first-order chi connectivity index (χ1) is 10.2. The molecule has 1 heterocycles. The van der Waals surface area contributed by atoms with Gasteiger partial charge in [-0.2, -0.15) is 0 Å². The maximum absolute atomic E-state index is 6.03. The Bertz CT molecular complexity index is 766. The number of nitrogen functional groups attached to an aromatic ring is 1. The summed E-state index contributed by atoms with van der Waals surface area (Å²) in [5, 5.41) is 4.50. The molecule has 0 aliphatic carbocycles. The molecule has 0 saturated heterocycles. The molecule has 4 nitrogen and oxygen atoms in total. The van der Waals surface area contributed by atoms with Crippen LogP contribution < -0.4 is 10.5 Å². The predicted molar refractivity (Wildman–Crippen MR) is 83.3 cm³/mol. The van der Waals surface area contributed by atoms with Crippen molar-refractivity contribution in [2.45, 2.75) is 0 Å². The number of ether oxygens (including phenoxy) is 1. The summed E-state index contributed by atoms with van der Waals surface area (Å²) in [7, 11) is 1.63. The quantitative estimate of drug-likeness (QED) is 0.785. The van der Waals surface area contributed by atoms with Crippen LogP contribution in [0.25, 0.3) is 22.5 Å². The van der Waals surface area contributed by atoms with Crippen molar-refractivity contribution in [2.75, 3.05) is 12.8 Å². The third-order valence-corrected chi connectivity index (χ3v) is 3.42. The molecule has 3 rings (SSSR count). The summed E-state index contributed by atoms with van der Waals surface area (Å²) in [5.41, 5.74) is 8.44. The number of hydrogen-bond donors (Lipinski definition) is 1. The zero-order valence-electron chi connectivity index (χ0n) is 11.3. The molecule has 21 heavy (non-hydrogen) atoms. The number of nitrogens with zero attached hydrogens (tertiary/aromatic N) is 1. The second-order valence-electron chi connectivity index (χ2n) is 4.51. The molecule has 0 aliphatic heterocycles. The van der Waals surface area contributed by atoms with Gasteiger partial charge in [0.05, 0.1) is 12.7 Å². The van der Waals surface area contributed by atoms with Crippen LogP contribution >= 0.6 is 11.6 Å². The molecule has 2 N–H and O–H groups in total. The lowest BCUT2D eigenvalue weighted by Crippen LogP contribution is -1.89. The second-order valence-corrected chi connectivity index (χ2v) is 4.95. The Morgan fingerprint density at radius 3 is 2.52 bits per heavy atom. The van der Waals surface area contributed by atoms with Gasteiger partial charge >= 0.3 is 0 Å². The van der Waals surface area contributed by atoms with Gasteiger partial charge in [0.15, 0.2) is 11.6 Å². The number of methoxy groups -OCH3 is 1. The van der Waals surface area contributed by atoms with Gasteiger partial charge in [0.25, 0.3) is 0 Å². The molecule has 0 saturated carbocycles. The zero-order valence-corrected chi connectivity index (χ0v) is 12.1. The molecular formula is C16H13ClN2O2. The molecule has 106 valence electrons. The molecule has 2 aromatic carbocycles. The lowest BCUT2D eigenvalue weighted by molar-refractivity contribution is 0.415. The van der Waals surface area contributed by atoms with Crippen molar-refractivity contribution >= 4 is 17.4 Å². The summed E-state index contributed by atoms with van der Waals surface area (Å²) in [6, 6.07) is 14.9. The lowest BCUT2D eigenvalue weighted by atomic mass is 10.0. The van der Waals surface area contributed by atoms with E-state index in [0.29, 0.717) is 16.6 Å². The summed E-state index contributed by atoms with van der Waals surface area (Å²) in [6.07, 6.45) is 0. The Morgan fingerprint density at radius 2 is 1.86 bits per heavy atom. The highest BCUT2D eigenvalue weighted by Crippen LogP contribution is 2.37. The standard InChI is InChI=1S/C16H13ClN2O2/c1-20-13-7-5-10(6-8-13)14-15(21-19-16(14)18)11-3-2-4-12(17)9-11/h2-9H,1H3,(H2,18,19). The maximum atomic E-state index is 6.03. The molecule has 5 heteroatoms. The topological polar surface area (TPSA) is 61.3 Å². The van der Waals surface area contributed by atoms with Gasteiger partial charge in [-0.3, -0.25) is 0 Å². The fourth-order valence-corrected chi connectivity index (χ4v) is 2.36. The Morgan fingerprint density at radius 1 is 1.10 bits per heavy atom. The van der Waals surface area contributed by atoms with Crippen molar-refractivity contribution in [3.05, 3.63) is 53.6 Å². The van der Waals surface area contributed by atoms with Crippen molar-refractivity contribution in [3.8, 4) is 28.2 Å². The molecule has 0 spiro atoms. The Labute approximate surface area is 127 Å². The average molecular weight is 301 g/mol. The third-order valence-electron chi connectivity index (χ3n) is 3.18. The summed E-state index contributed by atoms with van der Waals surface area (Å²) >= 11 is 6.03. The van der Waals surface area contributed by atoms with Crippen molar-refractivity contribution < 1.29 is 9.26 Å². The van der Waals surface area contributed by atoms with Crippen LogP contribution in [0.5, 0.6) is 5.75 Å². The Hall–Kier alpha value is -2.46. The van der Waals surface area contributed by atoms with E-state index >= 15 is 0 Å². The molecule has 0 amide bonds. The van der Waals surface area contributed by atoms with Gasteiger partial charge in [-0.25, -0.2) is 0 Å². The zero-order chi connectivity index (χ0) is 14.8. The van der Waals surface area contributed by atoms with Crippen molar-refractivity contribution in [3.63, 3.8) is 0 Å². The van der Waals surface area contributed by atoms with Gasteiger partial charge in [0, 0.05) is 10.6 Å². The number of nitrogens with two attached hydrogens (primary N) is 1. The van der Waals surface area contributed by atoms with Crippen molar-refractivity contribution in [2.24, 2.45) is 0 Å². The van der Waals surface area contributed by atoms with Crippen LogP contribution in [0, 0.1) is 0 Å². The Balaban J connectivity index is 2.12. The minimum absolute atomic E-state index is 0.343. The highest BCUT2D eigenvalue weighted by molar-refractivity contribution is 6.30. The van der Waals surface area contributed by atoms with Gasteiger partial charge in [0.2, 0.25) is 0 Å². The number of halogens is 1. The first-order valence-electron chi connectivity index (χ1n) is 6.34. The molecule has 0 atom stereocenters. The molecule has 3 aromatic rings. The van der Waals surface area contributed by atoms with Gasteiger partial charge in [-0.15, -0.1) is 0 Å². The normalized spacial score (nSPS) is 10.6. The van der Waals surface area contributed by atoms with Gasteiger partial charge < -0.3 is 15.0 Å². The summed E-state index contributed by atoms with van der Waals surface area (Å²) in [5.74, 6) is 1.72. The van der Waals surface area contributed by atoms with Crippen LogP contribution in [0.1, 0.15) is 0 Å². The van der Waals surface area contributed by atoms with Crippen LogP contribution in [-0.4, -0.2) is 12.3 Å². The molecule has 1 aromatic heterocycles. The average Bonchev–Trinajstić information content (AvgIpc) is 2.89. The number of benzene rings is 2. The molecular weight excluding hydrogens is 288 g/mol. The SMILES string of the molecule is COc1ccc(-c2c(N)noc2-c2cccc(Cl)c2)cc1. The third kappa shape index (κ3) is 2.58. The van der Waals surface area contributed by atoms with E-state index in [2.05, 4.69) is 5.16 Å². The maximum Gasteiger partial charge on any atom is 0.176 e. The number of hydrogen-bond acceptors (Lipinski definition) is 4. The van der Waals surface area contributed by atoms with E-state index in [4.69, 9.17) is 26.6 Å². The van der Waals surface area contributed by atoms with E-state index in [1.807, 2.05) is 42.5 Å². The van der Waals surface area contributed by atoms with Crippen LogP contribution in [0.15, 0.2) is 53.1 Å². The Kier molecular flexibility index (Phi) is 3.54. The monoisotopic (exact) mass is 300 g/mol. The fraction of sp³-hybridized carbons (Fsp3) is 0.0625.